The maximum Gasteiger partial charge on any atom is 0.251 e. The van der Waals surface area contributed by atoms with Gasteiger partial charge >= 0.3 is 0 Å². The van der Waals surface area contributed by atoms with Gasteiger partial charge in [0.15, 0.2) is 0 Å². The largest absolute Gasteiger partial charge is 0.497 e. The van der Waals surface area contributed by atoms with Crippen LogP contribution >= 0.6 is 11.8 Å². The SMILES string of the molecule is COc1cccc([C@H](O)CNC(=O)c2ccc3c(c2)NC(=O)CCS3)c1. The van der Waals surface area contributed by atoms with Crippen LogP contribution < -0.4 is 15.4 Å². The number of hydrogen-bond acceptors (Lipinski definition) is 5. The molecule has 2 amide bonds. The molecule has 2 aromatic rings. The van der Waals surface area contributed by atoms with Gasteiger partial charge in [-0.2, -0.15) is 0 Å². The highest BCUT2D eigenvalue weighted by Gasteiger charge is 2.16. The summed E-state index contributed by atoms with van der Waals surface area (Å²) in [6.45, 7) is 0.0736. The Kier molecular flexibility index (Phi) is 5.80. The molecule has 3 rings (SSSR count). The number of carbonyl (C=O) groups is 2. The molecule has 0 saturated heterocycles. The van der Waals surface area contributed by atoms with Crippen molar-refractivity contribution < 1.29 is 19.4 Å². The van der Waals surface area contributed by atoms with E-state index in [4.69, 9.17) is 4.74 Å². The highest BCUT2D eigenvalue weighted by molar-refractivity contribution is 7.99. The first-order valence-corrected chi connectivity index (χ1v) is 9.22. The van der Waals surface area contributed by atoms with E-state index >= 15 is 0 Å². The Balaban J connectivity index is 1.65. The van der Waals surface area contributed by atoms with E-state index in [1.165, 1.54) is 0 Å². The average Bonchev–Trinajstić information content (AvgIpc) is 2.85. The first-order valence-electron chi connectivity index (χ1n) is 8.24. The maximum atomic E-state index is 12.4. The number of amides is 2. The second-order valence-electron chi connectivity index (χ2n) is 5.86. The minimum absolute atomic E-state index is 0.0535. The number of ether oxygens (including phenoxy) is 1. The third kappa shape index (κ3) is 4.36. The standard InChI is InChI=1S/C19H20N2O4S/c1-25-14-4-2-3-12(9-14)16(22)11-20-19(24)13-5-6-17-15(10-13)21-18(23)7-8-26-17/h2-6,9-10,16,22H,7-8,11H2,1H3,(H,20,24)(H,21,23)/t16-/m1/s1. The van der Waals surface area contributed by atoms with Gasteiger partial charge in [-0.25, -0.2) is 0 Å². The van der Waals surface area contributed by atoms with Crippen molar-refractivity contribution in [1.82, 2.24) is 5.32 Å². The third-order valence-corrected chi connectivity index (χ3v) is 5.11. The molecule has 0 fully saturated rings. The molecule has 0 radical (unpaired) electrons. The fourth-order valence-corrected chi connectivity index (χ4v) is 3.56. The lowest BCUT2D eigenvalue weighted by Gasteiger charge is -2.14. The van der Waals surface area contributed by atoms with Crippen LogP contribution in [0.25, 0.3) is 0 Å². The first kappa shape index (κ1) is 18.3. The molecule has 1 atom stereocenters. The average molecular weight is 372 g/mol. The molecule has 7 heteroatoms. The van der Waals surface area contributed by atoms with Crippen LogP contribution in [0.3, 0.4) is 0 Å². The summed E-state index contributed by atoms with van der Waals surface area (Å²) in [4.78, 5) is 25.0. The highest BCUT2D eigenvalue weighted by Crippen LogP contribution is 2.31. The Morgan fingerprint density at radius 2 is 2.19 bits per heavy atom. The van der Waals surface area contributed by atoms with Gasteiger partial charge in [0, 0.05) is 29.2 Å². The second-order valence-corrected chi connectivity index (χ2v) is 7.00. The highest BCUT2D eigenvalue weighted by atomic mass is 32.2. The Labute approximate surface area is 155 Å². The quantitative estimate of drug-likeness (QED) is 0.751. The molecule has 3 N–H and O–H groups in total. The van der Waals surface area contributed by atoms with Crippen LogP contribution in [0.4, 0.5) is 5.69 Å². The molecule has 26 heavy (non-hydrogen) atoms. The molecule has 1 aliphatic heterocycles. The second kappa shape index (κ2) is 8.25. The number of thioether (sulfide) groups is 1. The number of benzene rings is 2. The van der Waals surface area contributed by atoms with Gasteiger partial charge in [-0.1, -0.05) is 12.1 Å². The number of anilines is 1. The van der Waals surface area contributed by atoms with Gasteiger partial charge in [0.25, 0.3) is 5.91 Å². The van der Waals surface area contributed by atoms with E-state index < -0.39 is 6.10 Å². The van der Waals surface area contributed by atoms with Crippen LogP contribution in [0.5, 0.6) is 5.75 Å². The Hall–Kier alpha value is -2.51. The van der Waals surface area contributed by atoms with Gasteiger partial charge in [0.2, 0.25) is 5.91 Å². The van der Waals surface area contributed by atoms with Crippen LogP contribution in [-0.2, 0) is 4.79 Å². The topological polar surface area (TPSA) is 87.7 Å². The van der Waals surface area contributed by atoms with Gasteiger partial charge in [0.05, 0.1) is 18.9 Å². The van der Waals surface area contributed by atoms with Crippen molar-refractivity contribution in [2.75, 3.05) is 24.7 Å². The minimum atomic E-state index is -0.842. The Morgan fingerprint density at radius 1 is 1.35 bits per heavy atom. The smallest absolute Gasteiger partial charge is 0.251 e. The summed E-state index contributed by atoms with van der Waals surface area (Å²) in [7, 11) is 1.56. The fraction of sp³-hybridized carbons (Fsp3) is 0.263. The molecule has 0 aromatic heterocycles. The number of hydrogen-bond donors (Lipinski definition) is 3. The Morgan fingerprint density at radius 3 is 3.00 bits per heavy atom. The molecule has 0 unspecified atom stereocenters. The maximum absolute atomic E-state index is 12.4. The zero-order valence-electron chi connectivity index (χ0n) is 14.3. The number of methoxy groups -OCH3 is 1. The molecule has 0 saturated carbocycles. The van der Waals surface area contributed by atoms with Crippen LogP contribution in [0.1, 0.15) is 28.4 Å². The lowest BCUT2D eigenvalue weighted by Crippen LogP contribution is -2.28. The van der Waals surface area contributed by atoms with Crippen LogP contribution in [0.2, 0.25) is 0 Å². The Bertz CT molecular complexity index is 825. The predicted molar refractivity (Wildman–Crippen MR) is 101 cm³/mol. The number of aliphatic hydroxyl groups excluding tert-OH is 1. The zero-order chi connectivity index (χ0) is 18.5. The molecule has 1 heterocycles. The molecular weight excluding hydrogens is 352 g/mol. The van der Waals surface area contributed by atoms with Crippen molar-refractivity contribution in [1.29, 1.82) is 0 Å². The summed E-state index contributed by atoms with van der Waals surface area (Å²) in [5.74, 6) is 1.00. The summed E-state index contributed by atoms with van der Waals surface area (Å²) >= 11 is 1.59. The van der Waals surface area contributed by atoms with Crippen molar-refractivity contribution in [3.63, 3.8) is 0 Å². The molecule has 0 spiro atoms. The van der Waals surface area contributed by atoms with E-state index in [-0.39, 0.29) is 18.4 Å². The zero-order valence-corrected chi connectivity index (χ0v) is 15.1. The summed E-state index contributed by atoms with van der Waals surface area (Å²) in [6.07, 6.45) is -0.390. The van der Waals surface area contributed by atoms with Crippen molar-refractivity contribution in [2.24, 2.45) is 0 Å². The minimum Gasteiger partial charge on any atom is -0.497 e. The molecule has 0 aliphatic carbocycles. The molecule has 0 bridgehead atoms. The first-order chi connectivity index (χ1) is 12.6. The molecule has 1 aliphatic rings. The van der Waals surface area contributed by atoms with Crippen molar-refractivity contribution in [2.45, 2.75) is 17.4 Å². The van der Waals surface area contributed by atoms with Crippen molar-refractivity contribution >= 4 is 29.3 Å². The summed E-state index contributed by atoms with van der Waals surface area (Å²) in [6, 6.07) is 12.3. The van der Waals surface area contributed by atoms with E-state index in [0.29, 0.717) is 29.0 Å². The van der Waals surface area contributed by atoms with Crippen molar-refractivity contribution in [3.8, 4) is 5.75 Å². The van der Waals surface area contributed by atoms with Gasteiger partial charge < -0.3 is 20.5 Å². The number of fused-ring (bicyclic) bond motifs is 1. The lowest BCUT2D eigenvalue weighted by molar-refractivity contribution is -0.115. The van der Waals surface area contributed by atoms with E-state index in [1.807, 2.05) is 6.07 Å². The van der Waals surface area contributed by atoms with Crippen LogP contribution in [0.15, 0.2) is 47.4 Å². The number of nitrogens with one attached hydrogen (secondary N) is 2. The number of aliphatic hydroxyl groups is 1. The predicted octanol–water partition coefficient (Wildman–Crippen LogP) is 2.59. The van der Waals surface area contributed by atoms with Crippen molar-refractivity contribution in [3.05, 3.63) is 53.6 Å². The summed E-state index contributed by atoms with van der Waals surface area (Å²) in [5.41, 5.74) is 1.75. The van der Waals surface area contributed by atoms with E-state index in [1.54, 1.807) is 55.3 Å². The molecule has 6 nitrogen and oxygen atoms in total. The van der Waals surface area contributed by atoms with Crippen LogP contribution in [0, 0.1) is 0 Å². The van der Waals surface area contributed by atoms with E-state index in [9.17, 15) is 14.7 Å². The van der Waals surface area contributed by atoms with Gasteiger partial charge in [-0.05, 0) is 35.9 Å². The fourth-order valence-electron chi connectivity index (χ4n) is 2.62. The molecular formula is C19H20N2O4S. The third-order valence-electron chi connectivity index (χ3n) is 4.04. The molecule has 2 aromatic carbocycles. The summed E-state index contributed by atoms with van der Waals surface area (Å²) < 4.78 is 5.14. The number of carbonyl (C=O) groups excluding carboxylic acids is 2. The summed E-state index contributed by atoms with van der Waals surface area (Å²) in [5, 5.41) is 15.8. The van der Waals surface area contributed by atoms with Gasteiger partial charge in [0.1, 0.15) is 5.75 Å². The monoisotopic (exact) mass is 372 g/mol. The van der Waals surface area contributed by atoms with E-state index in [0.717, 1.165) is 10.6 Å². The van der Waals surface area contributed by atoms with Gasteiger partial charge in [-0.3, -0.25) is 9.59 Å². The van der Waals surface area contributed by atoms with Gasteiger partial charge in [-0.15, -0.1) is 11.8 Å². The van der Waals surface area contributed by atoms with E-state index in [2.05, 4.69) is 10.6 Å². The molecule has 136 valence electrons. The normalized spacial score (nSPS) is 14.6. The lowest BCUT2D eigenvalue weighted by atomic mass is 10.1. The van der Waals surface area contributed by atoms with Crippen LogP contribution in [-0.4, -0.2) is 36.3 Å². The number of rotatable bonds is 5.